The maximum atomic E-state index is 13.1. The summed E-state index contributed by atoms with van der Waals surface area (Å²) in [7, 11) is 1.53. The third-order valence-corrected chi connectivity index (χ3v) is 6.34. The van der Waals surface area contributed by atoms with Gasteiger partial charge in [-0.15, -0.1) is 0 Å². The van der Waals surface area contributed by atoms with Crippen molar-refractivity contribution in [2.75, 3.05) is 31.4 Å². The number of anilines is 1. The van der Waals surface area contributed by atoms with Gasteiger partial charge in [0.1, 0.15) is 17.4 Å². The van der Waals surface area contributed by atoms with E-state index in [4.69, 9.17) is 14.2 Å². The zero-order valence-electron chi connectivity index (χ0n) is 20.2. The Kier molecular flexibility index (Phi) is 9.36. The van der Waals surface area contributed by atoms with Crippen LogP contribution in [0.25, 0.3) is 0 Å². The van der Waals surface area contributed by atoms with Crippen molar-refractivity contribution in [3.05, 3.63) is 64.7 Å². The number of hydrogen-bond acceptors (Lipinski definition) is 8. The summed E-state index contributed by atoms with van der Waals surface area (Å²) in [5, 5.41) is 15.7. The minimum atomic E-state index is -1.28. The van der Waals surface area contributed by atoms with Crippen LogP contribution in [0.15, 0.2) is 59.1 Å². The van der Waals surface area contributed by atoms with E-state index in [0.717, 1.165) is 11.8 Å². The molecule has 1 aliphatic heterocycles. The molecule has 2 atom stereocenters. The second-order valence-electron chi connectivity index (χ2n) is 7.59. The summed E-state index contributed by atoms with van der Waals surface area (Å²) in [6.07, 6.45) is 0. The fourth-order valence-electron chi connectivity index (χ4n) is 3.82. The number of nitrogens with one attached hydrogen (secondary N) is 2. The van der Waals surface area contributed by atoms with Gasteiger partial charge in [-0.25, -0.2) is 0 Å². The molecular formula is C26H27N3O6S. The number of rotatable bonds is 10. The lowest BCUT2D eigenvalue weighted by molar-refractivity contribution is -0.152. The molecule has 0 radical (unpaired) electrons. The molecule has 2 N–H and O–H groups in total. The molecular weight excluding hydrogens is 482 g/mol. The zero-order valence-corrected chi connectivity index (χ0v) is 21.0. The van der Waals surface area contributed by atoms with E-state index in [2.05, 4.69) is 16.7 Å². The van der Waals surface area contributed by atoms with Gasteiger partial charge in [0.15, 0.2) is 0 Å². The zero-order chi connectivity index (χ0) is 26.1. The van der Waals surface area contributed by atoms with E-state index >= 15 is 0 Å². The van der Waals surface area contributed by atoms with Gasteiger partial charge in [0, 0.05) is 23.2 Å². The number of esters is 1. The second-order valence-corrected chi connectivity index (χ2v) is 8.58. The van der Waals surface area contributed by atoms with Crippen LogP contribution in [-0.2, 0) is 19.1 Å². The molecule has 0 bridgehead atoms. The van der Waals surface area contributed by atoms with Gasteiger partial charge in [-0.1, -0.05) is 36.0 Å². The fourth-order valence-corrected chi connectivity index (χ4v) is 4.67. The molecule has 1 aliphatic rings. The Labute approximate surface area is 213 Å². The average Bonchev–Trinajstić information content (AvgIpc) is 2.87. The molecule has 0 saturated carbocycles. The molecule has 0 aromatic heterocycles. The fraction of sp³-hybridized carbons (Fsp3) is 0.308. The first-order chi connectivity index (χ1) is 17.4. The largest absolute Gasteiger partial charge is 0.497 e. The van der Waals surface area contributed by atoms with Gasteiger partial charge in [-0.2, -0.15) is 5.26 Å². The SMILES string of the molecule is CCOC(=O)[C@@H]1C(=O)NC(SCC(=O)Nc2cccc(OC)c2)=C(C#N)[C@@H]1c1ccccc1OCC. The summed E-state index contributed by atoms with van der Waals surface area (Å²) in [6.45, 7) is 3.90. The van der Waals surface area contributed by atoms with E-state index in [1.807, 2.05) is 6.92 Å². The Morgan fingerprint density at radius 1 is 1.14 bits per heavy atom. The smallest absolute Gasteiger partial charge is 0.319 e. The molecule has 10 heteroatoms. The first-order valence-corrected chi connectivity index (χ1v) is 12.3. The number of carbonyl (C=O) groups is 3. The van der Waals surface area contributed by atoms with Crippen LogP contribution < -0.4 is 20.1 Å². The lowest BCUT2D eigenvalue weighted by Crippen LogP contribution is -2.44. The van der Waals surface area contributed by atoms with E-state index < -0.39 is 23.7 Å². The number of methoxy groups -OCH3 is 1. The molecule has 0 unspecified atom stereocenters. The number of thioether (sulfide) groups is 1. The van der Waals surface area contributed by atoms with Crippen molar-refractivity contribution in [3.8, 4) is 17.6 Å². The summed E-state index contributed by atoms with van der Waals surface area (Å²) in [6, 6.07) is 16.0. The molecule has 0 fully saturated rings. The van der Waals surface area contributed by atoms with Crippen LogP contribution >= 0.6 is 11.8 Å². The molecule has 1 heterocycles. The molecule has 0 saturated heterocycles. The third-order valence-electron chi connectivity index (χ3n) is 5.32. The number of para-hydroxylation sites is 1. The Morgan fingerprint density at radius 2 is 1.92 bits per heavy atom. The van der Waals surface area contributed by atoms with Crippen molar-refractivity contribution in [3.63, 3.8) is 0 Å². The van der Waals surface area contributed by atoms with Gasteiger partial charge in [-0.05, 0) is 32.0 Å². The van der Waals surface area contributed by atoms with Gasteiger partial charge in [0.05, 0.1) is 42.7 Å². The van der Waals surface area contributed by atoms with Crippen molar-refractivity contribution in [2.24, 2.45) is 5.92 Å². The highest BCUT2D eigenvalue weighted by Crippen LogP contribution is 2.43. The van der Waals surface area contributed by atoms with E-state index in [1.54, 1.807) is 55.5 Å². The summed E-state index contributed by atoms with van der Waals surface area (Å²) in [4.78, 5) is 38.5. The lowest BCUT2D eigenvalue weighted by atomic mass is 9.78. The highest BCUT2D eigenvalue weighted by molar-refractivity contribution is 8.03. The van der Waals surface area contributed by atoms with Gasteiger partial charge in [0.2, 0.25) is 11.8 Å². The van der Waals surface area contributed by atoms with E-state index in [1.165, 1.54) is 7.11 Å². The van der Waals surface area contributed by atoms with Crippen LogP contribution in [0.4, 0.5) is 5.69 Å². The van der Waals surface area contributed by atoms with Gasteiger partial charge in [-0.3, -0.25) is 14.4 Å². The Hall–Kier alpha value is -3.97. The number of ether oxygens (including phenoxy) is 3. The molecule has 2 amide bonds. The van der Waals surface area contributed by atoms with Crippen molar-refractivity contribution < 1.29 is 28.6 Å². The summed E-state index contributed by atoms with van der Waals surface area (Å²) in [5.74, 6) is -2.94. The van der Waals surface area contributed by atoms with Crippen molar-refractivity contribution in [2.45, 2.75) is 19.8 Å². The average molecular weight is 510 g/mol. The monoisotopic (exact) mass is 509 g/mol. The molecule has 0 aliphatic carbocycles. The van der Waals surface area contributed by atoms with Gasteiger partial charge < -0.3 is 24.8 Å². The number of nitrogens with zero attached hydrogens (tertiary/aromatic N) is 1. The van der Waals surface area contributed by atoms with E-state index in [-0.39, 0.29) is 28.9 Å². The molecule has 9 nitrogen and oxygen atoms in total. The second kappa shape index (κ2) is 12.7. The maximum Gasteiger partial charge on any atom is 0.319 e. The Morgan fingerprint density at radius 3 is 2.61 bits per heavy atom. The predicted octanol–water partition coefficient (Wildman–Crippen LogP) is 3.59. The molecule has 36 heavy (non-hydrogen) atoms. The highest BCUT2D eigenvalue weighted by Gasteiger charge is 2.45. The number of carbonyl (C=O) groups excluding carboxylic acids is 3. The molecule has 188 valence electrons. The van der Waals surface area contributed by atoms with Crippen molar-refractivity contribution in [1.82, 2.24) is 5.32 Å². The minimum Gasteiger partial charge on any atom is -0.497 e. The van der Waals surface area contributed by atoms with Crippen LogP contribution in [-0.4, -0.2) is 43.9 Å². The Balaban J connectivity index is 1.93. The molecule has 3 rings (SSSR count). The normalized spacial score (nSPS) is 17.0. The van der Waals surface area contributed by atoms with E-state index in [9.17, 15) is 19.6 Å². The molecule has 2 aromatic rings. The number of benzene rings is 2. The predicted molar refractivity (Wildman–Crippen MR) is 135 cm³/mol. The van der Waals surface area contributed by atoms with Gasteiger partial charge >= 0.3 is 5.97 Å². The summed E-state index contributed by atoms with van der Waals surface area (Å²) >= 11 is 1.00. The lowest BCUT2D eigenvalue weighted by Gasteiger charge is -2.32. The number of amides is 2. The number of hydrogen-bond donors (Lipinski definition) is 2. The summed E-state index contributed by atoms with van der Waals surface area (Å²) in [5.41, 5.74) is 1.22. The van der Waals surface area contributed by atoms with Crippen LogP contribution in [0, 0.1) is 17.2 Å². The van der Waals surface area contributed by atoms with Crippen molar-refractivity contribution >= 4 is 35.2 Å². The summed E-state index contributed by atoms with van der Waals surface area (Å²) < 4.78 is 16.1. The van der Waals surface area contributed by atoms with Crippen LogP contribution in [0.2, 0.25) is 0 Å². The van der Waals surface area contributed by atoms with Crippen LogP contribution in [0.5, 0.6) is 11.5 Å². The molecule has 2 aromatic carbocycles. The molecule has 0 spiro atoms. The Bertz CT molecular complexity index is 1210. The third kappa shape index (κ3) is 6.17. The standard InChI is InChI=1S/C26H27N3O6S/c1-4-34-20-12-7-6-11-18(20)22-19(14-27)25(29-24(31)23(22)26(32)35-5-2)36-15-21(30)28-16-9-8-10-17(13-16)33-3/h6-13,22-23H,4-5,15H2,1-3H3,(H,28,30)(H,29,31)/t22-,23-/m0/s1. The quantitative estimate of drug-likeness (QED) is 0.368. The van der Waals surface area contributed by atoms with E-state index in [0.29, 0.717) is 29.4 Å². The minimum absolute atomic E-state index is 0.0814. The van der Waals surface area contributed by atoms with Crippen LogP contribution in [0.3, 0.4) is 0 Å². The number of allylic oxidation sites excluding steroid dienone is 1. The first-order valence-electron chi connectivity index (χ1n) is 11.3. The first kappa shape index (κ1) is 26.6. The van der Waals surface area contributed by atoms with Crippen LogP contribution in [0.1, 0.15) is 25.3 Å². The highest BCUT2D eigenvalue weighted by atomic mass is 32.2. The maximum absolute atomic E-state index is 13.1. The van der Waals surface area contributed by atoms with Gasteiger partial charge in [0.25, 0.3) is 0 Å². The van der Waals surface area contributed by atoms with Crippen molar-refractivity contribution in [1.29, 1.82) is 5.26 Å². The topological polar surface area (TPSA) is 127 Å². The number of nitriles is 1.